The van der Waals surface area contributed by atoms with Gasteiger partial charge in [0.15, 0.2) is 0 Å². The van der Waals surface area contributed by atoms with E-state index in [9.17, 15) is 0 Å². The Balaban J connectivity index is 1.48. The van der Waals surface area contributed by atoms with Crippen molar-refractivity contribution in [3.63, 3.8) is 0 Å². The number of ether oxygens (including phenoxy) is 1. The summed E-state index contributed by atoms with van der Waals surface area (Å²) in [5, 5.41) is 2.44. The number of nitrogens with zero attached hydrogens (tertiary/aromatic N) is 1. The van der Waals surface area contributed by atoms with Crippen LogP contribution in [0.5, 0.6) is 0 Å². The van der Waals surface area contributed by atoms with Crippen molar-refractivity contribution in [2.45, 2.75) is 44.1 Å². The van der Waals surface area contributed by atoms with Crippen molar-refractivity contribution in [3.05, 3.63) is 0 Å². The average molecular weight is 236 g/mol. The summed E-state index contributed by atoms with van der Waals surface area (Å²) < 4.78 is 5.44. The lowest BCUT2D eigenvalue weighted by molar-refractivity contribution is -0.0807. The normalized spacial score (nSPS) is 49.8. The third-order valence-electron chi connectivity index (χ3n) is 5.44. The third-order valence-corrected chi connectivity index (χ3v) is 5.44. The van der Waals surface area contributed by atoms with Crippen LogP contribution in [-0.2, 0) is 4.74 Å². The summed E-state index contributed by atoms with van der Waals surface area (Å²) in [7, 11) is 0. The van der Waals surface area contributed by atoms with Crippen molar-refractivity contribution in [1.29, 1.82) is 0 Å². The lowest BCUT2D eigenvalue weighted by Gasteiger charge is -2.58. The van der Waals surface area contributed by atoms with E-state index >= 15 is 0 Å². The van der Waals surface area contributed by atoms with Crippen molar-refractivity contribution >= 4 is 0 Å². The molecule has 0 spiro atoms. The van der Waals surface area contributed by atoms with E-state index in [1.807, 2.05) is 0 Å². The molecule has 1 aliphatic heterocycles. The molecule has 5 aliphatic rings. The van der Waals surface area contributed by atoms with Crippen molar-refractivity contribution in [2.24, 2.45) is 17.8 Å². The number of nitrogens with one attached hydrogen (secondary N) is 1. The Morgan fingerprint density at radius 2 is 1.41 bits per heavy atom. The molecule has 0 amide bonds. The molecule has 0 aromatic carbocycles. The van der Waals surface area contributed by atoms with Crippen molar-refractivity contribution < 1.29 is 4.74 Å². The maximum absolute atomic E-state index is 5.44. The van der Waals surface area contributed by atoms with Gasteiger partial charge in [-0.25, -0.2) is 10.4 Å². The van der Waals surface area contributed by atoms with Gasteiger partial charge >= 0.3 is 0 Å². The van der Waals surface area contributed by atoms with Gasteiger partial charge in [-0.15, -0.1) is 0 Å². The number of hydrogen-bond acceptors (Lipinski definition) is 3. The molecule has 3 heteroatoms. The van der Waals surface area contributed by atoms with E-state index in [0.29, 0.717) is 5.54 Å². The minimum Gasteiger partial charge on any atom is -0.379 e. The van der Waals surface area contributed by atoms with Gasteiger partial charge in [-0.05, 0) is 56.3 Å². The zero-order chi connectivity index (χ0) is 11.3. The largest absolute Gasteiger partial charge is 0.379 e. The number of hydrogen-bond donors (Lipinski definition) is 1. The van der Waals surface area contributed by atoms with E-state index in [1.165, 1.54) is 38.5 Å². The van der Waals surface area contributed by atoms with E-state index in [0.717, 1.165) is 44.1 Å². The smallest absolute Gasteiger partial charge is 0.0608 e. The Morgan fingerprint density at radius 3 is 1.94 bits per heavy atom. The average Bonchev–Trinajstić information content (AvgIpc) is 2.27. The van der Waals surface area contributed by atoms with Crippen molar-refractivity contribution in [1.82, 2.24) is 10.4 Å². The zero-order valence-electron chi connectivity index (χ0n) is 10.7. The molecule has 1 heterocycles. The highest BCUT2D eigenvalue weighted by Gasteiger charge is 2.51. The first-order chi connectivity index (χ1) is 8.31. The molecule has 17 heavy (non-hydrogen) atoms. The maximum Gasteiger partial charge on any atom is 0.0608 e. The minimum absolute atomic E-state index is 0.478. The summed E-state index contributed by atoms with van der Waals surface area (Å²) in [5.41, 5.74) is 4.40. The predicted molar refractivity (Wildman–Crippen MR) is 66.4 cm³/mol. The SMILES string of the molecule is C1CN(NC23CC4CC(CC(C4)C2)C3)CCO1. The predicted octanol–water partition coefficient (Wildman–Crippen LogP) is 1.79. The van der Waals surface area contributed by atoms with Crippen LogP contribution in [0.1, 0.15) is 38.5 Å². The lowest BCUT2D eigenvalue weighted by atomic mass is 9.53. The second-order valence-corrected chi connectivity index (χ2v) is 6.91. The Hall–Kier alpha value is -0.120. The molecule has 1 N–H and O–H groups in total. The van der Waals surface area contributed by atoms with Gasteiger partial charge in [0.2, 0.25) is 0 Å². The topological polar surface area (TPSA) is 24.5 Å². The molecular formula is C14H24N2O. The van der Waals surface area contributed by atoms with Gasteiger partial charge in [-0.1, -0.05) is 0 Å². The first kappa shape index (κ1) is 10.8. The van der Waals surface area contributed by atoms with E-state index in [-0.39, 0.29) is 0 Å². The molecule has 3 nitrogen and oxygen atoms in total. The Bertz CT molecular complexity index is 263. The molecule has 0 atom stereocenters. The zero-order valence-corrected chi connectivity index (χ0v) is 10.7. The van der Waals surface area contributed by atoms with Gasteiger partial charge in [-0.2, -0.15) is 0 Å². The molecule has 4 aliphatic carbocycles. The van der Waals surface area contributed by atoms with Crippen molar-refractivity contribution in [3.8, 4) is 0 Å². The fraction of sp³-hybridized carbons (Fsp3) is 1.00. The highest BCUT2D eigenvalue weighted by molar-refractivity contribution is 5.05. The van der Waals surface area contributed by atoms with E-state index < -0.39 is 0 Å². The molecule has 0 radical (unpaired) electrons. The van der Waals surface area contributed by atoms with Crippen LogP contribution >= 0.6 is 0 Å². The summed E-state index contributed by atoms with van der Waals surface area (Å²) >= 11 is 0. The van der Waals surface area contributed by atoms with Crippen LogP contribution in [0.2, 0.25) is 0 Å². The minimum atomic E-state index is 0.478. The molecule has 0 unspecified atom stereocenters. The van der Waals surface area contributed by atoms with Crippen LogP contribution in [0.25, 0.3) is 0 Å². The summed E-state index contributed by atoms with van der Waals surface area (Å²) in [5.74, 6) is 3.11. The number of rotatable bonds is 2. The summed E-state index contributed by atoms with van der Waals surface area (Å²) in [6, 6.07) is 0. The number of hydrazine groups is 1. The summed E-state index contributed by atoms with van der Waals surface area (Å²) in [4.78, 5) is 0. The van der Waals surface area contributed by atoms with Crippen molar-refractivity contribution in [2.75, 3.05) is 26.3 Å². The standard InChI is InChI=1S/C14H24N2O/c1-3-17-4-2-16(1)15-14-8-11-5-12(9-14)7-13(6-11)10-14/h11-13,15H,1-10H2. The third kappa shape index (κ3) is 1.92. The Kier molecular flexibility index (Phi) is 2.50. The van der Waals surface area contributed by atoms with E-state index in [2.05, 4.69) is 10.4 Å². The van der Waals surface area contributed by atoms with Crippen LogP contribution in [-0.4, -0.2) is 36.9 Å². The van der Waals surface area contributed by atoms with Gasteiger partial charge in [-0.3, -0.25) is 0 Å². The lowest BCUT2D eigenvalue weighted by Crippen LogP contribution is -2.64. The van der Waals surface area contributed by atoms with Gasteiger partial charge in [0.1, 0.15) is 0 Å². The molecule has 4 saturated carbocycles. The van der Waals surface area contributed by atoms with Crippen LogP contribution in [0, 0.1) is 17.8 Å². The molecule has 5 fully saturated rings. The summed E-state index contributed by atoms with van der Waals surface area (Å²) in [6.07, 6.45) is 8.92. The first-order valence-electron chi connectivity index (χ1n) is 7.42. The van der Waals surface area contributed by atoms with Crippen LogP contribution in [0.15, 0.2) is 0 Å². The molecule has 96 valence electrons. The molecule has 5 rings (SSSR count). The van der Waals surface area contributed by atoms with Gasteiger partial charge in [0.25, 0.3) is 0 Å². The molecule has 0 aromatic heterocycles. The Labute approximate surface area is 104 Å². The Morgan fingerprint density at radius 1 is 0.882 bits per heavy atom. The van der Waals surface area contributed by atoms with Gasteiger partial charge in [0.05, 0.1) is 13.2 Å². The fourth-order valence-corrected chi connectivity index (χ4v) is 5.26. The molecule has 4 bridgehead atoms. The highest BCUT2D eigenvalue weighted by Crippen LogP contribution is 2.55. The highest BCUT2D eigenvalue weighted by atomic mass is 16.5. The second kappa shape index (κ2) is 3.94. The number of morpholine rings is 1. The monoisotopic (exact) mass is 236 g/mol. The quantitative estimate of drug-likeness (QED) is 0.791. The fourth-order valence-electron chi connectivity index (χ4n) is 5.26. The van der Waals surface area contributed by atoms with Crippen LogP contribution in [0.4, 0.5) is 0 Å². The molecule has 0 aromatic rings. The van der Waals surface area contributed by atoms with E-state index in [1.54, 1.807) is 0 Å². The summed E-state index contributed by atoms with van der Waals surface area (Å²) in [6.45, 7) is 3.95. The first-order valence-corrected chi connectivity index (χ1v) is 7.42. The molecular weight excluding hydrogens is 212 g/mol. The second-order valence-electron chi connectivity index (χ2n) is 6.91. The van der Waals surface area contributed by atoms with Gasteiger partial charge in [0, 0.05) is 18.6 Å². The van der Waals surface area contributed by atoms with Gasteiger partial charge < -0.3 is 4.74 Å². The maximum atomic E-state index is 5.44. The van der Waals surface area contributed by atoms with Crippen LogP contribution < -0.4 is 5.43 Å². The van der Waals surface area contributed by atoms with Crippen LogP contribution in [0.3, 0.4) is 0 Å². The molecule has 1 saturated heterocycles. The van der Waals surface area contributed by atoms with E-state index in [4.69, 9.17) is 4.74 Å².